The second-order valence-corrected chi connectivity index (χ2v) is 6.31. The van der Waals surface area contributed by atoms with Crippen LogP contribution in [0.4, 0.5) is 0 Å². The van der Waals surface area contributed by atoms with Crippen molar-refractivity contribution >= 4 is 33.2 Å². The van der Waals surface area contributed by atoms with Crippen LogP contribution in [-0.2, 0) is 5.54 Å². The zero-order valence-electron chi connectivity index (χ0n) is 9.79. The van der Waals surface area contributed by atoms with Gasteiger partial charge in [0, 0.05) is 5.02 Å². The molecule has 1 aliphatic rings. The number of benzene rings is 1. The van der Waals surface area contributed by atoms with Crippen LogP contribution in [0.1, 0.15) is 31.2 Å². The summed E-state index contributed by atoms with van der Waals surface area (Å²) in [5.74, 6) is 0. The van der Waals surface area contributed by atoms with Gasteiger partial charge in [0.1, 0.15) is 5.01 Å². The van der Waals surface area contributed by atoms with E-state index >= 15 is 0 Å². The lowest BCUT2D eigenvalue weighted by atomic mass is 9.92. The van der Waals surface area contributed by atoms with E-state index in [-0.39, 0.29) is 5.54 Å². The van der Waals surface area contributed by atoms with Gasteiger partial charge in [0.05, 0.1) is 15.8 Å². The van der Waals surface area contributed by atoms with Gasteiger partial charge in [-0.05, 0) is 50.9 Å². The molecule has 17 heavy (non-hydrogen) atoms. The summed E-state index contributed by atoms with van der Waals surface area (Å²) in [7, 11) is 0. The Morgan fingerprint density at radius 3 is 3.06 bits per heavy atom. The summed E-state index contributed by atoms with van der Waals surface area (Å²) in [5, 5.41) is 5.55. The first kappa shape index (κ1) is 11.5. The van der Waals surface area contributed by atoms with E-state index < -0.39 is 0 Å². The van der Waals surface area contributed by atoms with E-state index in [2.05, 4.69) is 18.3 Å². The minimum Gasteiger partial charge on any atom is -0.306 e. The van der Waals surface area contributed by atoms with Gasteiger partial charge in [-0.1, -0.05) is 11.6 Å². The van der Waals surface area contributed by atoms with E-state index in [9.17, 15) is 0 Å². The molecule has 1 fully saturated rings. The third-order valence-electron chi connectivity index (χ3n) is 3.44. The Morgan fingerprint density at radius 1 is 1.41 bits per heavy atom. The van der Waals surface area contributed by atoms with E-state index in [1.54, 1.807) is 11.3 Å². The molecule has 1 aromatic heterocycles. The monoisotopic (exact) mass is 266 g/mol. The number of halogens is 1. The van der Waals surface area contributed by atoms with Crippen LogP contribution in [0.3, 0.4) is 0 Å². The fourth-order valence-corrected chi connectivity index (χ4v) is 3.64. The fourth-order valence-electron chi connectivity index (χ4n) is 2.38. The molecule has 0 radical (unpaired) electrons. The van der Waals surface area contributed by atoms with Gasteiger partial charge >= 0.3 is 0 Å². The standard InChI is InChI=1S/C13H15ClN2S/c1-13(6-2-3-7-15-13)12-16-10-8-9(14)4-5-11(10)17-12/h4-5,8,15H,2-3,6-7H2,1H3. The lowest BCUT2D eigenvalue weighted by molar-refractivity contribution is 0.283. The molecule has 0 saturated carbocycles. The molecule has 1 atom stereocenters. The van der Waals surface area contributed by atoms with Crippen molar-refractivity contribution in [3.05, 3.63) is 28.2 Å². The molecule has 0 bridgehead atoms. The molecular formula is C13H15ClN2S. The quantitative estimate of drug-likeness (QED) is 0.846. The molecule has 2 heterocycles. The molecule has 1 N–H and O–H groups in total. The predicted octanol–water partition coefficient (Wildman–Crippen LogP) is 3.94. The summed E-state index contributed by atoms with van der Waals surface area (Å²) in [6.45, 7) is 3.35. The molecular weight excluding hydrogens is 252 g/mol. The van der Waals surface area contributed by atoms with Crippen molar-refractivity contribution in [3.63, 3.8) is 0 Å². The highest BCUT2D eigenvalue weighted by molar-refractivity contribution is 7.18. The summed E-state index contributed by atoms with van der Waals surface area (Å²) in [6.07, 6.45) is 3.72. The van der Waals surface area contributed by atoms with Crippen molar-refractivity contribution in [2.24, 2.45) is 0 Å². The van der Waals surface area contributed by atoms with Gasteiger partial charge < -0.3 is 5.32 Å². The van der Waals surface area contributed by atoms with Crippen LogP contribution < -0.4 is 5.32 Å². The van der Waals surface area contributed by atoms with Crippen LogP contribution in [-0.4, -0.2) is 11.5 Å². The summed E-state index contributed by atoms with van der Waals surface area (Å²) in [5.41, 5.74) is 1.07. The number of hydrogen-bond acceptors (Lipinski definition) is 3. The summed E-state index contributed by atoms with van der Waals surface area (Å²) < 4.78 is 1.22. The molecule has 0 aliphatic carbocycles. The van der Waals surface area contributed by atoms with Crippen LogP contribution in [0.15, 0.2) is 18.2 Å². The van der Waals surface area contributed by atoms with Crippen LogP contribution >= 0.6 is 22.9 Å². The molecule has 1 aromatic carbocycles. The van der Waals surface area contributed by atoms with Gasteiger partial charge in [-0.2, -0.15) is 0 Å². The third-order valence-corrected chi connectivity index (χ3v) is 4.98. The highest BCUT2D eigenvalue weighted by atomic mass is 35.5. The first-order valence-electron chi connectivity index (χ1n) is 5.99. The van der Waals surface area contributed by atoms with Gasteiger partial charge in [0.25, 0.3) is 0 Å². The van der Waals surface area contributed by atoms with Crippen LogP contribution in [0.2, 0.25) is 5.02 Å². The van der Waals surface area contributed by atoms with Crippen molar-refractivity contribution in [1.82, 2.24) is 10.3 Å². The Bertz CT molecular complexity index is 543. The van der Waals surface area contributed by atoms with Gasteiger partial charge in [-0.3, -0.25) is 0 Å². The van der Waals surface area contributed by atoms with Crippen LogP contribution in [0.5, 0.6) is 0 Å². The highest BCUT2D eigenvalue weighted by Gasteiger charge is 2.31. The Hall–Kier alpha value is -0.640. The predicted molar refractivity (Wildman–Crippen MR) is 73.8 cm³/mol. The van der Waals surface area contributed by atoms with Gasteiger partial charge in [-0.25, -0.2) is 4.98 Å². The number of aromatic nitrogens is 1. The summed E-state index contributed by atoms with van der Waals surface area (Å²) >= 11 is 7.78. The normalized spacial score (nSPS) is 25.3. The van der Waals surface area contributed by atoms with Crippen molar-refractivity contribution in [1.29, 1.82) is 0 Å². The number of rotatable bonds is 1. The first-order chi connectivity index (χ1) is 8.17. The molecule has 2 nitrogen and oxygen atoms in total. The van der Waals surface area contributed by atoms with E-state index in [0.717, 1.165) is 17.1 Å². The Morgan fingerprint density at radius 2 is 2.29 bits per heavy atom. The number of nitrogens with zero attached hydrogens (tertiary/aromatic N) is 1. The Kier molecular flexibility index (Phi) is 2.85. The molecule has 2 aromatic rings. The number of fused-ring (bicyclic) bond motifs is 1. The number of nitrogens with one attached hydrogen (secondary N) is 1. The Balaban J connectivity index is 2.05. The molecule has 1 aliphatic heterocycles. The van der Waals surface area contributed by atoms with E-state index in [0.29, 0.717) is 0 Å². The largest absolute Gasteiger partial charge is 0.306 e. The zero-order chi connectivity index (χ0) is 11.9. The SMILES string of the molecule is CC1(c2nc3cc(Cl)ccc3s2)CCCCN1. The molecule has 0 spiro atoms. The number of piperidine rings is 1. The average Bonchev–Trinajstić information content (AvgIpc) is 2.73. The average molecular weight is 267 g/mol. The third kappa shape index (κ3) is 2.07. The summed E-state index contributed by atoms with van der Waals surface area (Å²) in [4.78, 5) is 4.74. The van der Waals surface area contributed by atoms with E-state index in [4.69, 9.17) is 16.6 Å². The van der Waals surface area contributed by atoms with Gasteiger partial charge in [0.2, 0.25) is 0 Å². The van der Waals surface area contributed by atoms with Gasteiger partial charge in [0.15, 0.2) is 0 Å². The molecule has 3 rings (SSSR count). The topological polar surface area (TPSA) is 24.9 Å². The lowest BCUT2D eigenvalue weighted by Gasteiger charge is -2.32. The second-order valence-electron chi connectivity index (χ2n) is 4.85. The minimum absolute atomic E-state index is 0.0500. The molecule has 1 saturated heterocycles. The second kappa shape index (κ2) is 4.23. The van der Waals surface area contributed by atoms with E-state index in [1.807, 2.05) is 12.1 Å². The molecule has 1 unspecified atom stereocenters. The maximum Gasteiger partial charge on any atom is 0.114 e. The smallest absolute Gasteiger partial charge is 0.114 e. The fraction of sp³-hybridized carbons (Fsp3) is 0.462. The van der Waals surface area contributed by atoms with E-state index in [1.165, 1.54) is 29.0 Å². The molecule has 4 heteroatoms. The molecule has 90 valence electrons. The highest BCUT2D eigenvalue weighted by Crippen LogP contribution is 2.35. The van der Waals surface area contributed by atoms with Crippen LogP contribution in [0.25, 0.3) is 10.2 Å². The maximum absolute atomic E-state index is 6.00. The lowest BCUT2D eigenvalue weighted by Crippen LogP contribution is -2.43. The summed E-state index contributed by atoms with van der Waals surface area (Å²) in [6, 6.07) is 5.94. The van der Waals surface area contributed by atoms with Crippen molar-refractivity contribution in [2.45, 2.75) is 31.7 Å². The molecule has 0 amide bonds. The van der Waals surface area contributed by atoms with Gasteiger partial charge in [-0.15, -0.1) is 11.3 Å². The van der Waals surface area contributed by atoms with Crippen LogP contribution in [0, 0.1) is 0 Å². The van der Waals surface area contributed by atoms with Crippen molar-refractivity contribution < 1.29 is 0 Å². The Labute approximate surface area is 110 Å². The number of thiazole rings is 1. The number of hydrogen-bond donors (Lipinski definition) is 1. The minimum atomic E-state index is 0.0500. The maximum atomic E-state index is 6.00. The zero-order valence-corrected chi connectivity index (χ0v) is 11.4. The van der Waals surface area contributed by atoms with Crippen molar-refractivity contribution in [2.75, 3.05) is 6.54 Å². The first-order valence-corrected chi connectivity index (χ1v) is 7.18. The van der Waals surface area contributed by atoms with Crippen molar-refractivity contribution in [3.8, 4) is 0 Å².